The van der Waals surface area contributed by atoms with Crippen LogP contribution in [0.2, 0.25) is 0 Å². The molecule has 2 rings (SSSR count). The van der Waals surface area contributed by atoms with E-state index in [9.17, 15) is 4.79 Å². The number of carboxylic acid groups (broad SMARTS) is 1. The summed E-state index contributed by atoms with van der Waals surface area (Å²) in [4.78, 5) is 10.7. The van der Waals surface area contributed by atoms with Crippen LogP contribution >= 0.6 is 23.6 Å². The van der Waals surface area contributed by atoms with E-state index < -0.39 is 5.97 Å². The lowest BCUT2D eigenvalue weighted by atomic mass is 10.1. The van der Waals surface area contributed by atoms with Crippen LogP contribution in [0.15, 0.2) is 18.2 Å². The predicted molar refractivity (Wildman–Crippen MR) is 57.0 cm³/mol. The fourth-order valence-corrected chi connectivity index (χ4v) is 1.57. The van der Waals surface area contributed by atoms with Crippen LogP contribution < -0.4 is 10.4 Å². The molecule has 6 heteroatoms. The minimum absolute atomic E-state index is 0.214. The Labute approximate surface area is 95.4 Å². The van der Waals surface area contributed by atoms with Gasteiger partial charge in [0.1, 0.15) is 0 Å². The van der Waals surface area contributed by atoms with Gasteiger partial charge in [0, 0.05) is 46.4 Å². The molecule has 78 valence electrons. The number of halogens is 2. The van der Waals surface area contributed by atoms with Crippen LogP contribution in [0.4, 0.5) is 0 Å². The molecule has 0 amide bonds. The van der Waals surface area contributed by atoms with Gasteiger partial charge in [-0.3, -0.25) is 0 Å². The van der Waals surface area contributed by atoms with Gasteiger partial charge in [-0.1, -0.05) is 6.07 Å². The first-order valence-electron chi connectivity index (χ1n) is 4.05. The van der Waals surface area contributed by atoms with Crippen LogP contribution in [0.3, 0.4) is 0 Å². The fraction of sp³-hybridized carbons (Fsp3) is 0. The van der Waals surface area contributed by atoms with Crippen molar-refractivity contribution < 1.29 is 9.90 Å². The zero-order valence-electron chi connectivity index (χ0n) is 7.39. The molecule has 0 atom stereocenters. The Morgan fingerprint density at radius 3 is 2.33 bits per heavy atom. The Bertz CT molecular complexity index is 529. The zero-order chi connectivity index (χ0) is 11.0. The molecule has 0 saturated carbocycles. The Hall–Kier alpha value is -1.39. The smallest absolute Gasteiger partial charge is 0.335 e. The first-order valence-corrected chi connectivity index (χ1v) is 4.72. The second kappa shape index (κ2) is 3.64. The van der Waals surface area contributed by atoms with E-state index >= 15 is 0 Å². The number of rotatable bonds is 1. The number of nitrogens with zero attached hydrogens (tertiary/aromatic N) is 2. The highest BCUT2D eigenvalue weighted by molar-refractivity contribution is 6.22. The molecule has 1 aliphatic rings. The molecule has 0 unspecified atom stereocenters. The lowest BCUT2D eigenvalue weighted by molar-refractivity contribution is 0.0696. The van der Waals surface area contributed by atoms with Crippen molar-refractivity contribution in [1.82, 2.24) is 9.06 Å². The maximum Gasteiger partial charge on any atom is 0.335 e. The summed E-state index contributed by atoms with van der Waals surface area (Å²) in [6.07, 6.45) is 3.13. The molecule has 1 N–H and O–H groups in total. The predicted octanol–water partition coefficient (Wildman–Crippen LogP) is 0.701. The molecule has 4 nitrogen and oxygen atoms in total. The van der Waals surface area contributed by atoms with E-state index in [-0.39, 0.29) is 5.56 Å². The van der Waals surface area contributed by atoms with Gasteiger partial charge in [0.25, 0.3) is 0 Å². The molecule has 0 aliphatic carbocycles. The van der Waals surface area contributed by atoms with Gasteiger partial charge in [-0.15, -0.1) is 0 Å². The Morgan fingerprint density at radius 1 is 1.13 bits per heavy atom. The number of hydrazine groups is 1. The molecule has 0 aromatic heterocycles. The highest BCUT2D eigenvalue weighted by Crippen LogP contribution is 2.09. The summed E-state index contributed by atoms with van der Waals surface area (Å²) in [7, 11) is 0. The number of hydrogen-bond donors (Lipinski definition) is 1. The summed E-state index contributed by atoms with van der Waals surface area (Å²) in [5.41, 5.74) is 0.214. The third-order valence-electron chi connectivity index (χ3n) is 2.01. The number of hydrogen-bond acceptors (Lipinski definition) is 3. The van der Waals surface area contributed by atoms with Crippen molar-refractivity contribution in [1.29, 1.82) is 0 Å². The third kappa shape index (κ3) is 1.86. The van der Waals surface area contributed by atoms with Gasteiger partial charge in [-0.25, -0.2) is 4.79 Å². The van der Waals surface area contributed by atoms with Gasteiger partial charge in [-0.2, -0.15) is 9.06 Å². The van der Waals surface area contributed by atoms with Crippen molar-refractivity contribution in [2.45, 2.75) is 0 Å². The molecule has 0 radical (unpaired) electrons. The minimum Gasteiger partial charge on any atom is -0.478 e. The van der Waals surface area contributed by atoms with Gasteiger partial charge in [0.15, 0.2) is 0 Å². The molecular weight excluding hydrogens is 239 g/mol. The van der Waals surface area contributed by atoms with Crippen LogP contribution in [-0.4, -0.2) is 20.1 Å². The van der Waals surface area contributed by atoms with Crippen molar-refractivity contribution in [3.05, 3.63) is 34.2 Å². The average Bonchev–Trinajstić information content (AvgIpc) is 2.19. The molecule has 1 aliphatic heterocycles. The second-order valence-electron chi connectivity index (χ2n) is 2.98. The topological polar surface area (TPSA) is 43.8 Å². The molecule has 1 aromatic rings. The Kier molecular flexibility index (Phi) is 2.46. The van der Waals surface area contributed by atoms with E-state index in [2.05, 4.69) is 0 Å². The van der Waals surface area contributed by atoms with E-state index in [1.165, 1.54) is 22.9 Å². The SMILES string of the molecule is O=C(O)c1ccc2c(c1)=CN(Cl)N(Cl)C=2. The monoisotopic (exact) mass is 244 g/mol. The Morgan fingerprint density at radius 2 is 1.73 bits per heavy atom. The lowest BCUT2D eigenvalue weighted by Gasteiger charge is -2.21. The zero-order valence-corrected chi connectivity index (χ0v) is 8.90. The summed E-state index contributed by atoms with van der Waals surface area (Å²) >= 11 is 11.4. The van der Waals surface area contributed by atoms with Crippen LogP contribution in [-0.2, 0) is 0 Å². The minimum atomic E-state index is -0.972. The lowest BCUT2D eigenvalue weighted by Crippen LogP contribution is -2.37. The quantitative estimate of drug-likeness (QED) is 0.739. The summed E-state index contributed by atoms with van der Waals surface area (Å²) in [6.45, 7) is 0. The largest absolute Gasteiger partial charge is 0.478 e. The number of benzene rings is 1. The maximum atomic E-state index is 10.7. The van der Waals surface area contributed by atoms with E-state index in [0.717, 1.165) is 9.75 Å². The van der Waals surface area contributed by atoms with Gasteiger partial charge < -0.3 is 5.11 Å². The van der Waals surface area contributed by atoms with Crippen molar-refractivity contribution in [3.8, 4) is 0 Å². The van der Waals surface area contributed by atoms with Gasteiger partial charge in [0.2, 0.25) is 0 Å². The maximum absolute atomic E-state index is 10.7. The van der Waals surface area contributed by atoms with Gasteiger partial charge in [0.05, 0.1) is 5.56 Å². The highest BCUT2D eigenvalue weighted by Gasteiger charge is 2.09. The van der Waals surface area contributed by atoms with Crippen LogP contribution in [0.1, 0.15) is 10.4 Å². The summed E-state index contributed by atoms with van der Waals surface area (Å²) in [5, 5.41) is 10.3. The van der Waals surface area contributed by atoms with E-state index in [1.54, 1.807) is 12.3 Å². The standard InChI is InChI=1S/C9H6Cl2N2O2/c10-12-4-7-2-1-6(9(14)15)3-8(7)5-13(12)11/h1-5H,(H,14,15). The number of carboxylic acids is 1. The van der Waals surface area contributed by atoms with Crippen molar-refractivity contribution in [2.75, 3.05) is 0 Å². The molecule has 0 spiro atoms. The molecule has 1 aromatic carbocycles. The second-order valence-corrected chi connectivity index (χ2v) is 3.68. The summed E-state index contributed by atoms with van der Waals surface area (Å²) in [5.74, 6) is -0.972. The molecule has 15 heavy (non-hydrogen) atoms. The normalized spacial score (nSPS) is 14.0. The van der Waals surface area contributed by atoms with Gasteiger partial charge in [-0.05, 0) is 12.1 Å². The number of fused-ring (bicyclic) bond motifs is 1. The van der Waals surface area contributed by atoms with E-state index in [1.807, 2.05) is 0 Å². The molecule has 1 heterocycles. The van der Waals surface area contributed by atoms with E-state index in [4.69, 9.17) is 28.7 Å². The van der Waals surface area contributed by atoms with Crippen LogP contribution in [0, 0.1) is 0 Å². The third-order valence-corrected chi connectivity index (χ3v) is 2.61. The van der Waals surface area contributed by atoms with Crippen molar-refractivity contribution in [3.63, 3.8) is 0 Å². The average molecular weight is 245 g/mol. The van der Waals surface area contributed by atoms with Gasteiger partial charge >= 0.3 is 5.97 Å². The van der Waals surface area contributed by atoms with Crippen LogP contribution in [0.25, 0.3) is 12.4 Å². The summed E-state index contributed by atoms with van der Waals surface area (Å²) in [6, 6.07) is 4.72. The van der Waals surface area contributed by atoms with E-state index in [0.29, 0.717) is 5.22 Å². The molecule has 0 saturated heterocycles. The van der Waals surface area contributed by atoms with Crippen molar-refractivity contribution in [2.24, 2.45) is 0 Å². The van der Waals surface area contributed by atoms with Crippen LogP contribution in [0.5, 0.6) is 0 Å². The highest BCUT2D eigenvalue weighted by atomic mass is 35.5. The molecule has 0 bridgehead atoms. The fourth-order valence-electron chi connectivity index (χ4n) is 1.28. The Balaban J connectivity index is 2.64. The first kappa shape index (κ1) is 10.1. The summed E-state index contributed by atoms with van der Waals surface area (Å²) < 4.78 is 2.31. The molecule has 0 fully saturated rings. The van der Waals surface area contributed by atoms with Crippen molar-refractivity contribution >= 4 is 41.9 Å². The molecular formula is C9H6Cl2N2O2. The first-order chi connectivity index (χ1) is 7.08. The number of carbonyl (C=O) groups is 1. The number of aromatic carboxylic acids is 1.